The average molecular weight is 317 g/mol. The van der Waals surface area contributed by atoms with Gasteiger partial charge in [0.2, 0.25) is 5.91 Å². The molecule has 0 spiro atoms. The maximum absolute atomic E-state index is 12.0. The van der Waals surface area contributed by atoms with E-state index in [1.54, 1.807) is 18.6 Å². The van der Waals surface area contributed by atoms with Crippen molar-refractivity contribution < 1.29 is 9.59 Å². The molecule has 0 aliphatic heterocycles. The van der Waals surface area contributed by atoms with Crippen LogP contribution in [0.25, 0.3) is 0 Å². The number of carbonyl (C=O) groups is 2. The van der Waals surface area contributed by atoms with Crippen molar-refractivity contribution in [2.75, 3.05) is 7.05 Å². The molecule has 2 rings (SSSR count). The molecule has 0 bridgehead atoms. The van der Waals surface area contributed by atoms with E-state index in [2.05, 4.69) is 15.6 Å². The Labute approximate surface area is 133 Å². The Bertz CT molecular complexity index is 641. The van der Waals surface area contributed by atoms with E-state index < -0.39 is 0 Å². The van der Waals surface area contributed by atoms with Gasteiger partial charge in [0.05, 0.1) is 17.2 Å². The smallest absolute Gasteiger partial charge is 0.251 e. The molecule has 1 aromatic carbocycles. The number of thiazole rings is 1. The van der Waals surface area contributed by atoms with E-state index in [0.29, 0.717) is 18.4 Å². The van der Waals surface area contributed by atoms with Gasteiger partial charge in [-0.25, -0.2) is 4.98 Å². The largest absolute Gasteiger partial charge is 0.355 e. The van der Waals surface area contributed by atoms with Gasteiger partial charge in [-0.2, -0.15) is 0 Å². The molecule has 1 heterocycles. The number of hydrogen-bond acceptors (Lipinski definition) is 4. The summed E-state index contributed by atoms with van der Waals surface area (Å²) in [5.41, 5.74) is 4.20. The van der Waals surface area contributed by atoms with Gasteiger partial charge in [0.1, 0.15) is 0 Å². The maximum atomic E-state index is 12.0. The number of nitrogens with zero attached hydrogens (tertiary/aromatic N) is 1. The first kappa shape index (κ1) is 16.2. The molecule has 0 saturated heterocycles. The minimum Gasteiger partial charge on any atom is -0.355 e. The summed E-state index contributed by atoms with van der Waals surface area (Å²) in [6.07, 6.45) is 0.978. The molecule has 0 aliphatic carbocycles. The van der Waals surface area contributed by atoms with E-state index in [4.69, 9.17) is 0 Å². The van der Waals surface area contributed by atoms with Gasteiger partial charge in [0.15, 0.2) is 0 Å². The number of amides is 2. The number of nitrogens with one attached hydrogen (secondary N) is 2. The van der Waals surface area contributed by atoms with Crippen molar-refractivity contribution in [3.8, 4) is 0 Å². The molecule has 1 atom stereocenters. The van der Waals surface area contributed by atoms with E-state index in [9.17, 15) is 9.59 Å². The van der Waals surface area contributed by atoms with E-state index in [-0.39, 0.29) is 17.9 Å². The Kier molecular flexibility index (Phi) is 5.66. The highest BCUT2D eigenvalue weighted by atomic mass is 32.1. The van der Waals surface area contributed by atoms with E-state index in [1.807, 2.05) is 30.5 Å². The molecule has 5 nitrogen and oxygen atoms in total. The van der Waals surface area contributed by atoms with Crippen molar-refractivity contribution in [2.24, 2.45) is 0 Å². The average Bonchev–Trinajstić information content (AvgIpc) is 3.07. The summed E-state index contributed by atoms with van der Waals surface area (Å²) in [7, 11) is 1.60. The number of carbonyl (C=O) groups excluding carboxylic acids is 2. The molecule has 0 saturated carbocycles. The zero-order valence-corrected chi connectivity index (χ0v) is 13.4. The summed E-state index contributed by atoms with van der Waals surface area (Å²) in [4.78, 5) is 27.8. The molecule has 22 heavy (non-hydrogen) atoms. The van der Waals surface area contributed by atoms with Gasteiger partial charge in [0.25, 0.3) is 5.91 Å². The topological polar surface area (TPSA) is 71.1 Å². The van der Waals surface area contributed by atoms with Crippen molar-refractivity contribution in [1.29, 1.82) is 0 Å². The van der Waals surface area contributed by atoms with Gasteiger partial charge in [-0.3, -0.25) is 9.59 Å². The second-order valence-electron chi connectivity index (χ2n) is 4.98. The Balaban J connectivity index is 1.87. The Hall–Kier alpha value is -2.21. The van der Waals surface area contributed by atoms with E-state index >= 15 is 0 Å². The third-order valence-corrected chi connectivity index (χ3v) is 3.93. The van der Waals surface area contributed by atoms with Crippen LogP contribution < -0.4 is 10.6 Å². The van der Waals surface area contributed by atoms with Crippen LogP contribution >= 0.6 is 11.3 Å². The SMILES string of the molecule is CNC(=O)c1cccc(CCC(=O)NC(C)c2cscn2)c1. The molecule has 1 unspecified atom stereocenters. The standard InChI is InChI=1S/C16H19N3O2S/c1-11(14-9-22-10-18-14)19-15(20)7-6-12-4-3-5-13(8-12)16(21)17-2/h3-5,8-11H,6-7H2,1-2H3,(H,17,21)(H,19,20). The number of hydrogen-bond donors (Lipinski definition) is 2. The predicted octanol–water partition coefficient (Wildman–Crippen LogP) is 2.31. The highest BCUT2D eigenvalue weighted by Gasteiger charge is 2.11. The van der Waals surface area contributed by atoms with E-state index in [0.717, 1.165) is 11.3 Å². The summed E-state index contributed by atoms with van der Waals surface area (Å²) >= 11 is 1.51. The van der Waals surface area contributed by atoms with Crippen LogP contribution in [0.3, 0.4) is 0 Å². The Morgan fingerprint density at radius 3 is 2.86 bits per heavy atom. The Morgan fingerprint density at radius 2 is 2.18 bits per heavy atom. The highest BCUT2D eigenvalue weighted by molar-refractivity contribution is 7.07. The zero-order chi connectivity index (χ0) is 15.9. The fraction of sp³-hybridized carbons (Fsp3) is 0.312. The van der Waals surface area contributed by atoms with Crippen molar-refractivity contribution in [3.63, 3.8) is 0 Å². The second-order valence-corrected chi connectivity index (χ2v) is 5.70. The maximum Gasteiger partial charge on any atom is 0.251 e. The lowest BCUT2D eigenvalue weighted by Crippen LogP contribution is -2.27. The van der Waals surface area contributed by atoms with Crippen molar-refractivity contribution in [2.45, 2.75) is 25.8 Å². The molecular weight excluding hydrogens is 298 g/mol. The van der Waals surface area contributed by atoms with Crippen LogP contribution in [0, 0.1) is 0 Å². The molecule has 1 aromatic heterocycles. The lowest BCUT2D eigenvalue weighted by molar-refractivity contribution is -0.121. The van der Waals surface area contributed by atoms with Crippen LogP contribution in [0.15, 0.2) is 35.2 Å². The summed E-state index contributed by atoms with van der Waals surface area (Å²) in [5, 5.41) is 7.45. The first-order valence-electron chi connectivity index (χ1n) is 7.08. The fourth-order valence-corrected chi connectivity index (χ4v) is 2.74. The summed E-state index contributed by atoms with van der Waals surface area (Å²) in [6, 6.07) is 7.23. The molecular formula is C16H19N3O2S. The number of aryl methyl sites for hydroxylation is 1. The molecule has 0 fully saturated rings. The molecule has 2 amide bonds. The van der Waals surface area contributed by atoms with Gasteiger partial charge in [-0.05, 0) is 31.0 Å². The van der Waals surface area contributed by atoms with Gasteiger partial charge in [-0.1, -0.05) is 12.1 Å². The minimum absolute atomic E-state index is 0.0224. The van der Waals surface area contributed by atoms with Crippen LogP contribution in [0.1, 0.15) is 41.0 Å². The monoisotopic (exact) mass is 317 g/mol. The summed E-state index contributed by atoms with van der Waals surface area (Å²) in [6.45, 7) is 1.92. The molecule has 6 heteroatoms. The predicted molar refractivity (Wildman–Crippen MR) is 86.8 cm³/mol. The van der Waals surface area contributed by atoms with Crippen LogP contribution in [0.2, 0.25) is 0 Å². The lowest BCUT2D eigenvalue weighted by Gasteiger charge is -2.11. The van der Waals surface area contributed by atoms with Gasteiger partial charge >= 0.3 is 0 Å². The normalized spacial score (nSPS) is 11.7. The molecule has 0 aliphatic rings. The van der Waals surface area contributed by atoms with Crippen LogP contribution in [-0.4, -0.2) is 23.8 Å². The summed E-state index contributed by atoms with van der Waals surface area (Å²) < 4.78 is 0. The number of rotatable bonds is 6. The zero-order valence-electron chi connectivity index (χ0n) is 12.6. The van der Waals surface area contributed by atoms with Crippen molar-refractivity contribution in [1.82, 2.24) is 15.6 Å². The first-order valence-corrected chi connectivity index (χ1v) is 8.03. The van der Waals surface area contributed by atoms with E-state index in [1.165, 1.54) is 11.3 Å². The third-order valence-electron chi connectivity index (χ3n) is 3.33. The van der Waals surface area contributed by atoms with Crippen molar-refractivity contribution in [3.05, 3.63) is 52.0 Å². The van der Waals surface area contributed by atoms with Crippen LogP contribution in [0.4, 0.5) is 0 Å². The summed E-state index contributed by atoms with van der Waals surface area (Å²) in [5.74, 6) is -0.144. The second kappa shape index (κ2) is 7.70. The van der Waals surface area contributed by atoms with Gasteiger partial charge < -0.3 is 10.6 Å². The minimum atomic E-state index is -0.122. The quantitative estimate of drug-likeness (QED) is 0.859. The van der Waals surface area contributed by atoms with Crippen molar-refractivity contribution >= 4 is 23.2 Å². The highest BCUT2D eigenvalue weighted by Crippen LogP contribution is 2.13. The molecule has 116 valence electrons. The molecule has 0 radical (unpaired) electrons. The lowest BCUT2D eigenvalue weighted by atomic mass is 10.1. The molecule has 2 N–H and O–H groups in total. The van der Waals surface area contributed by atoms with Gasteiger partial charge in [-0.15, -0.1) is 11.3 Å². The van der Waals surface area contributed by atoms with Crippen LogP contribution in [0.5, 0.6) is 0 Å². The molecule has 2 aromatic rings. The number of aromatic nitrogens is 1. The first-order chi connectivity index (χ1) is 10.6. The third kappa shape index (κ3) is 4.39. The Morgan fingerprint density at radius 1 is 1.36 bits per heavy atom. The van der Waals surface area contributed by atoms with Crippen LogP contribution in [-0.2, 0) is 11.2 Å². The van der Waals surface area contributed by atoms with Gasteiger partial charge in [0, 0.05) is 24.4 Å². The fourth-order valence-electron chi connectivity index (χ4n) is 2.09. The number of benzene rings is 1.